The van der Waals surface area contributed by atoms with Crippen molar-refractivity contribution in [1.82, 2.24) is 29.7 Å². The fraction of sp³-hybridized carbons (Fsp3) is 0.514. The highest BCUT2D eigenvalue weighted by Crippen LogP contribution is 2.32. The van der Waals surface area contributed by atoms with Crippen LogP contribution in [-0.2, 0) is 24.0 Å². The quantitative estimate of drug-likeness (QED) is 0.106. The molecule has 9 heteroatoms. The van der Waals surface area contributed by atoms with Crippen molar-refractivity contribution in [3.8, 4) is 5.75 Å². The third-order valence-electron chi connectivity index (χ3n) is 8.76. The minimum absolute atomic E-state index is 0.0756. The van der Waals surface area contributed by atoms with Crippen molar-refractivity contribution in [1.29, 1.82) is 0 Å². The van der Waals surface area contributed by atoms with Crippen molar-refractivity contribution >= 4 is 0 Å². The van der Waals surface area contributed by atoms with E-state index in [4.69, 9.17) is 4.74 Å². The molecule has 2 heterocycles. The van der Waals surface area contributed by atoms with Gasteiger partial charge in [0.1, 0.15) is 18.2 Å². The zero-order chi connectivity index (χ0) is 33.5. The Balaban J connectivity index is 0.000000254. The maximum atomic E-state index is 12.8. The van der Waals surface area contributed by atoms with Crippen LogP contribution in [0.3, 0.4) is 0 Å². The van der Waals surface area contributed by atoms with Crippen LogP contribution < -0.4 is 15.4 Å². The van der Waals surface area contributed by atoms with Gasteiger partial charge in [-0.05, 0) is 102 Å². The molecular formula is C37H55FN6O2. The van der Waals surface area contributed by atoms with E-state index in [1.807, 2.05) is 31.2 Å². The van der Waals surface area contributed by atoms with Gasteiger partial charge >= 0.3 is 0 Å². The van der Waals surface area contributed by atoms with Crippen molar-refractivity contribution in [2.75, 3.05) is 26.3 Å². The standard InChI is InChI=1S/C21H33N3O.C16H22FN3O/c1-5-21(6-2,16-25)19-10-8-18(9-11-19)20(3,4)23-12-7-14-24-15-13-22-17-24;1-16(2,12-21-15-6-4-14(17)5-7-15)19-8-3-10-20-11-9-18-13-20/h8-11,13,15,17,23,25H,5-7,12,14,16H2,1-4H3;4-7,9,11,13,19H,3,8,10,12H2,1-2H3. The number of aliphatic hydroxyl groups is 1. The lowest BCUT2D eigenvalue weighted by atomic mass is 9.76. The van der Waals surface area contributed by atoms with Gasteiger partial charge in [-0.1, -0.05) is 38.1 Å². The van der Waals surface area contributed by atoms with Crippen molar-refractivity contribution in [2.45, 2.75) is 96.8 Å². The van der Waals surface area contributed by atoms with Gasteiger partial charge in [0.05, 0.1) is 19.3 Å². The lowest BCUT2D eigenvalue weighted by molar-refractivity contribution is 0.183. The molecule has 3 N–H and O–H groups in total. The third-order valence-corrected chi connectivity index (χ3v) is 8.76. The number of imidazole rings is 2. The van der Waals surface area contributed by atoms with Crippen LogP contribution >= 0.6 is 0 Å². The van der Waals surface area contributed by atoms with Crippen LogP contribution in [0.4, 0.5) is 4.39 Å². The second kappa shape index (κ2) is 18.0. The number of nitrogens with one attached hydrogen (secondary N) is 2. The van der Waals surface area contributed by atoms with Crippen LogP contribution in [0.15, 0.2) is 86.0 Å². The Morgan fingerprint density at radius 3 is 1.76 bits per heavy atom. The fourth-order valence-corrected chi connectivity index (χ4v) is 5.35. The molecule has 0 aliphatic heterocycles. The fourth-order valence-electron chi connectivity index (χ4n) is 5.35. The zero-order valence-corrected chi connectivity index (χ0v) is 28.7. The van der Waals surface area contributed by atoms with Gasteiger partial charge in [0, 0.05) is 54.4 Å². The number of halogens is 1. The Kier molecular flexibility index (Phi) is 14.4. The van der Waals surface area contributed by atoms with Crippen molar-refractivity contribution in [2.24, 2.45) is 0 Å². The van der Waals surface area contributed by atoms with Gasteiger partial charge in [0.25, 0.3) is 0 Å². The molecule has 0 amide bonds. The summed E-state index contributed by atoms with van der Waals surface area (Å²) in [5, 5.41) is 17.0. The average molecular weight is 635 g/mol. The van der Waals surface area contributed by atoms with Gasteiger partial charge in [-0.15, -0.1) is 0 Å². The molecule has 0 atom stereocenters. The van der Waals surface area contributed by atoms with Gasteiger partial charge in [0.2, 0.25) is 0 Å². The van der Waals surface area contributed by atoms with Gasteiger partial charge in [-0.25, -0.2) is 14.4 Å². The molecule has 0 fully saturated rings. The molecule has 0 spiro atoms. The molecule has 0 saturated heterocycles. The number of benzene rings is 2. The SMILES string of the molecule is CC(C)(COc1ccc(F)cc1)NCCCn1ccnc1.CCC(CC)(CO)c1ccc(C(C)(C)NCCCn2ccnc2)cc1. The number of aromatic nitrogens is 4. The molecule has 2 aromatic heterocycles. The Labute approximate surface area is 275 Å². The summed E-state index contributed by atoms with van der Waals surface area (Å²) in [4.78, 5) is 8.09. The van der Waals surface area contributed by atoms with Gasteiger partial charge in [0.15, 0.2) is 0 Å². The Hall–Kier alpha value is -3.53. The molecule has 4 rings (SSSR count). The topological polar surface area (TPSA) is 89.2 Å². The molecule has 0 radical (unpaired) electrons. The molecule has 0 aliphatic carbocycles. The van der Waals surface area contributed by atoms with Crippen LogP contribution in [0.2, 0.25) is 0 Å². The van der Waals surface area contributed by atoms with Crippen LogP contribution in [0.5, 0.6) is 5.75 Å². The number of ether oxygens (including phenoxy) is 1. The van der Waals surface area contributed by atoms with E-state index < -0.39 is 0 Å². The molecule has 0 bridgehead atoms. The minimum atomic E-state index is -0.251. The van der Waals surface area contributed by atoms with Gasteiger partial charge in [-0.3, -0.25) is 0 Å². The summed E-state index contributed by atoms with van der Waals surface area (Å²) in [5.41, 5.74) is 2.19. The molecule has 0 unspecified atom stereocenters. The number of aryl methyl sites for hydroxylation is 2. The summed E-state index contributed by atoms with van der Waals surface area (Å²) in [6.07, 6.45) is 15.2. The number of rotatable bonds is 18. The zero-order valence-electron chi connectivity index (χ0n) is 28.7. The molecule has 252 valence electrons. The number of nitrogens with zero attached hydrogens (tertiary/aromatic N) is 4. The highest BCUT2D eigenvalue weighted by Gasteiger charge is 2.28. The first kappa shape index (κ1) is 36.9. The lowest BCUT2D eigenvalue weighted by Crippen LogP contribution is -2.45. The number of hydrogen-bond donors (Lipinski definition) is 3. The molecular weight excluding hydrogens is 579 g/mol. The number of hydrogen-bond acceptors (Lipinski definition) is 6. The monoisotopic (exact) mass is 634 g/mol. The first-order valence-electron chi connectivity index (χ1n) is 16.5. The Morgan fingerprint density at radius 2 is 1.28 bits per heavy atom. The first-order chi connectivity index (χ1) is 22.0. The highest BCUT2D eigenvalue weighted by atomic mass is 19.1. The van der Waals surface area contributed by atoms with Crippen molar-refractivity contribution in [3.63, 3.8) is 0 Å². The maximum Gasteiger partial charge on any atom is 0.123 e. The molecule has 46 heavy (non-hydrogen) atoms. The van der Waals surface area contributed by atoms with Crippen LogP contribution in [0.25, 0.3) is 0 Å². The number of aliphatic hydroxyl groups excluding tert-OH is 1. The molecule has 2 aromatic carbocycles. The first-order valence-corrected chi connectivity index (χ1v) is 16.5. The largest absolute Gasteiger partial charge is 0.492 e. The minimum Gasteiger partial charge on any atom is -0.492 e. The third kappa shape index (κ3) is 11.7. The summed E-state index contributed by atoms with van der Waals surface area (Å²) in [7, 11) is 0. The predicted molar refractivity (Wildman–Crippen MR) is 184 cm³/mol. The van der Waals surface area contributed by atoms with E-state index in [2.05, 4.69) is 95.5 Å². The van der Waals surface area contributed by atoms with Crippen LogP contribution in [0, 0.1) is 5.82 Å². The lowest BCUT2D eigenvalue weighted by Gasteiger charge is -2.32. The molecule has 4 aromatic rings. The average Bonchev–Trinajstić information content (AvgIpc) is 3.78. The van der Waals surface area contributed by atoms with E-state index in [9.17, 15) is 9.50 Å². The predicted octanol–water partition coefficient (Wildman–Crippen LogP) is 6.71. The Morgan fingerprint density at radius 1 is 0.761 bits per heavy atom. The van der Waals surface area contributed by atoms with Gasteiger partial charge in [-0.2, -0.15) is 0 Å². The normalized spacial score (nSPS) is 12.1. The highest BCUT2D eigenvalue weighted by molar-refractivity contribution is 5.32. The summed E-state index contributed by atoms with van der Waals surface area (Å²) in [6.45, 7) is 17.4. The summed E-state index contributed by atoms with van der Waals surface area (Å²) in [6, 6.07) is 14.9. The van der Waals surface area contributed by atoms with Crippen molar-refractivity contribution < 1.29 is 14.2 Å². The Bertz CT molecular complexity index is 1340. The van der Waals surface area contributed by atoms with E-state index in [1.54, 1.807) is 18.3 Å². The van der Waals surface area contributed by atoms with Crippen LogP contribution in [-0.4, -0.2) is 56.1 Å². The second-order valence-corrected chi connectivity index (χ2v) is 13.1. The smallest absolute Gasteiger partial charge is 0.123 e. The van der Waals surface area contributed by atoms with Crippen molar-refractivity contribution in [3.05, 3.63) is 103 Å². The van der Waals surface area contributed by atoms with E-state index in [0.29, 0.717) is 12.4 Å². The molecule has 8 nitrogen and oxygen atoms in total. The summed E-state index contributed by atoms with van der Waals surface area (Å²) >= 11 is 0. The maximum absolute atomic E-state index is 12.8. The summed E-state index contributed by atoms with van der Waals surface area (Å²) in [5.74, 6) is 0.434. The van der Waals surface area contributed by atoms with Gasteiger partial charge < -0.3 is 29.6 Å². The van der Waals surface area contributed by atoms with Crippen LogP contribution in [0.1, 0.15) is 78.4 Å². The van der Waals surface area contributed by atoms with E-state index in [0.717, 1.165) is 51.9 Å². The second-order valence-electron chi connectivity index (χ2n) is 13.1. The molecule has 0 aliphatic rings. The van der Waals surface area contributed by atoms with E-state index in [-0.39, 0.29) is 28.9 Å². The summed E-state index contributed by atoms with van der Waals surface area (Å²) < 4.78 is 22.7. The van der Waals surface area contributed by atoms with E-state index >= 15 is 0 Å². The molecule has 0 saturated carbocycles. The van der Waals surface area contributed by atoms with E-state index in [1.165, 1.54) is 23.3 Å².